The Balaban J connectivity index is 1.67. The van der Waals surface area contributed by atoms with Crippen LogP contribution in [0.2, 0.25) is 0 Å². The van der Waals surface area contributed by atoms with Crippen LogP contribution in [0.25, 0.3) is 0 Å². The molecule has 0 heterocycles. The molecule has 1 fully saturated rings. The summed E-state index contributed by atoms with van der Waals surface area (Å²) in [4.78, 5) is 23.1. The minimum atomic E-state index is -0.666. The maximum atomic E-state index is 11.8. The molecule has 1 aliphatic carbocycles. The first-order chi connectivity index (χ1) is 9.18. The van der Waals surface area contributed by atoms with Crippen molar-refractivity contribution in [1.82, 2.24) is 10.6 Å². The van der Waals surface area contributed by atoms with Gasteiger partial charge in [-0.3, -0.25) is 9.59 Å². The SMILES string of the molecule is N[C@H](C(=O)NCCNC(=O)C1CC1)c1ccccc1. The summed E-state index contributed by atoms with van der Waals surface area (Å²) >= 11 is 0. The number of nitrogens with one attached hydrogen (secondary N) is 2. The first-order valence-corrected chi connectivity index (χ1v) is 6.54. The van der Waals surface area contributed by atoms with Crippen LogP contribution in [0, 0.1) is 5.92 Å². The normalized spacial score (nSPS) is 15.6. The van der Waals surface area contributed by atoms with Crippen molar-refractivity contribution < 1.29 is 9.59 Å². The molecule has 1 aromatic rings. The highest BCUT2D eigenvalue weighted by Gasteiger charge is 2.29. The van der Waals surface area contributed by atoms with E-state index in [0.29, 0.717) is 13.1 Å². The molecule has 0 radical (unpaired) electrons. The molecule has 2 amide bonds. The number of hydrogen-bond acceptors (Lipinski definition) is 3. The molecule has 2 rings (SSSR count). The third-order valence-corrected chi connectivity index (χ3v) is 3.11. The second-order valence-corrected chi connectivity index (χ2v) is 4.74. The van der Waals surface area contributed by atoms with Crippen molar-refractivity contribution >= 4 is 11.8 Å². The largest absolute Gasteiger partial charge is 0.354 e. The molecule has 0 aliphatic heterocycles. The van der Waals surface area contributed by atoms with Crippen molar-refractivity contribution in [3.8, 4) is 0 Å². The molecule has 102 valence electrons. The average molecular weight is 261 g/mol. The molecule has 0 spiro atoms. The summed E-state index contributed by atoms with van der Waals surface area (Å²) in [7, 11) is 0. The molecule has 0 unspecified atom stereocenters. The van der Waals surface area contributed by atoms with Crippen LogP contribution in [0.4, 0.5) is 0 Å². The summed E-state index contributed by atoms with van der Waals surface area (Å²) in [6, 6.07) is 8.54. The van der Waals surface area contributed by atoms with Crippen LogP contribution in [0.1, 0.15) is 24.4 Å². The summed E-state index contributed by atoms with van der Waals surface area (Å²) in [5.74, 6) is 0.0516. The lowest BCUT2D eigenvalue weighted by atomic mass is 10.1. The van der Waals surface area contributed by atoms with Crippen LogP contribution in [-0.2, 0) is 9.59 Å². The fourth-order valence-electron chi connectivity index (χ4n) is 1.78. The van der Waals surface area contributed by atoms with E-state index in [1.807, 2.05) is 30.3 Å². The van der Waals surface area contributed by atoms with Gasteiger partial charge in [-0.1, -0.05) is 30.3 Å². The topological polar surface area (TPSA) is 84.2 Å². The van der Waals surface area contributed by atoms with Crippen LogP contribution < -0.4 is 16.4 Å². The highest BCUT2D eigenvalue weighted by molar-refractivity contribution is 5.83. The zero-order valence-corrected chi connectivity index (χ0v) is 10.8. The Bertz CT molecular complexity index is 443. The van der Waals surface area contributed by atoms with E-state index in [2.05, 4.69) is 10.6 Å². The minimum Gasteiger partial charge on any atom is -0.354 e. The average Bonchev–Trinajstić information content (AvgIpc) is 3.27. The molecule has 19 heavy (non-hydrogen) atoms. The highest BCUT2D eigenvalue weighted by atomic mass is 16.2. The third kappa shape index (κ3) is 4.06. The second kappa shape index (κ2) is 6.33. The van der Waals surface area contributed by atoms with Gasteiger partial charge in [0.1, 0.15) is 6.04 Å². The highest BCUT2D eigenvalue weighted by Crippen LogP contribution is 2.28. The monoisotopic (exact) mass is 261 g/mol. The molecule has 1 aliphatic rings. The standard InChI is InChI=1S/C14H19N3O2/c15-12(10-4-2-1-3-5-10)14(19)17-9-8-16-13(18)11-6-7-11/h1-5,11-12H,6-9,15H2,(H,16,18)(H,17,19)/t12-/m0/s1. The molecule has 1 saturated carbocycles. The van der Waals surface area contributed by atoms with Gasteiger partial charge in [-0.05, 0) is 18.4 Å². The molecule has 0 bridgehead atoms. The predicted molar refractivity (Wildman–Crippen MR) is 72.1 cm³/mol. The smallest absolute Gasteiger partial charge is 0.241 e. The van der Waals surface area contributed by atoms with Crippen molar-refractivity contribution in [2.45, 2.75) is 18.9 Å². The lowest BCUT2D eigenvalue weighted by Gasteiger charge is -2.12. The Labute approximate surface area is 112 Å². The molecule has 5 heteroatoms. The van der Waals surface area contributed by atoms with Crippen LogP contribution in [0.5, 0.6) is 0 Å². The van der Waals surface area contributed by atoms with Gasteiger partial charge in [0.15, 0.2) is 0 Å². The van der Waals surface area contributed by atoms with Gasteiger partial charge < -0.3 is 16.4 Å². The van der Waals surface area contributed by atoms with Gasteiger partial charge in [-0.2, -0.15) is 0 Å². The number of carbonyl (C=O) groups is 2. The van der Waals surface area contributed by atoms with Gasteiger partial charge in [-0.25, -0.2) is 0 Å². The van der Waals surface area contributed by atoms with Crippen molar-refractivity contribution in [2.24, 2.45) is 11.7 Å². The minimum absolute atomic E-state index is 0.0848. The van der Waals surface area contributed by atoms with E-state index in [9.17, 15) is 9.59 Å². The Hall–Kier alpha value is -1.88. The number of amides is 2. The van der Waals surface area contributed by atoms with Crippen LogP contribution in [0.3, 0.4) is 0 Å². The van der Waals surface area contributed by atoms with Crippen molar-refractivity contribution in [2.75, 3.05) is 13.1 Å². The molecule has 0 aromatic heterocycles. The first-order valence-electron chi connectivity index (χ1n) is 6.54. The summed E-state index contributed by atoms with van der Waals surface area (Å²) in [5, 5.41) is 5.50. The molecule has 5 nitrogen and oxygen atoms in total. The number of benzene rings is 1. The van der Waals surface area contributed by atoms with E-state index < -0.39 is 6.04 Å². The number of hydrogen-bond donors (Lipinski definition) is 3. The zero-order chi connectivity index (χ0) is 13.7. The molecular weight excluding hydrogens is 242 g/mol. The number of rotatable bonds is 6. The van der Waals surface area contributed by atoms with E-state index >= 15 is 0 Å². The van der Waals surface area contributed by atoms with E-state index in [1.165, 1.54) is 0 Å². The number of nitrogens with two attached hydrogens (primary N) is 1. The van der Waals surface area contributed by atoms with Crippen molar-refractivity contribution in [3.63, 3.8) is 0 Å². The Morgan fingerprint density at radius 1 is 1.16 bits per heavy atom. The third-order valence-electron chi connectivity index (χ3n) is 3.11. The lowest BCUT2D eigenvalue weighted by Crippen LogP contribution is -2.39. The van der Waals surface area contributed by atoms with E-state index in [-0.39, 0.29) is 17.7 Å². The predicted octanol–water partition coefficient (Wildman–Crippen LogP) is 0.329. The Morgan fingerprint density at radius 3 is 2.42 bits per heavy atom. The summed E-state index contributed by atoms with van der Waals surface area (Å²) in [6.07, 6.45) is 1.97. The molecule has 1 aromatic carbocycles. The summed E-state index contributed by atoms with van der Waals surface area (Å²) < 4.78 is 0. The lowest BCUT2D eigenvalue weighted by molar-refractivity contribution is -0.124. The van der Waals surface area contributed by atoms with Gasteiger partial charge in [0, 0.05) is 19.0 Å². The van der Waals surface area contributed by atoms with E-state index in [4.69, 9.17) is 5.73 Å². The van der Waals surface area contributed by atoms with E-state index in [1.54, 1.807) is 0 Å². The Morgan fingerprint density at radius 2 is 1.79 bits per heavy atom. The van der Waals surface area contributed by atoms with Crippen LogP contribution >= 0.6 is 0 Å². The molecular formula is C14H19N3O2. The quantitative estimate of drug-likeness (QED) is 0.645. The number of carbonyl (C=O) groups excluding carboxylic acids is 2. The molecule has 1 atom stereocenters. The van der Waals surface area contributed by atoms with Gasteiger partial charge in [-0.15, -0.1) is 0 Å². The summed E-state index contributed by atoms with van der Waals surface area (Å²) in [5.41, 5.74) is 6.62. The van der Waals surface area contributed by atoms with Crippen molar-refractivity contribution in [1.29, 1.82) is 0 Å². The molecule has 4 N–H and O–H groups in total. The fraction of sp³-hybridized carbons (Fsp3) is 0.429. The van der Waals surface area contributed by atoms with Crippen molar-refractivity contribution in [3.05, 3.63) is 35.9 Å². The van der Waals surface area contributed by atoms with Gasteiger partial charge in [0.25, 0.3) is 0 Å². The second-order valence-electron chi connectivity index (χ2n) is 4.74. The van der Waals surface area contributed by atoms with Crippen LogP contribution in [0.15, 0.2) is 30.3 Å². The molecule has 0 saturated heterocycles. The van der Waals surface area contributed by atoms with Gasteiger partial charge in [0.2, 0.25) is 11.8 Å². The van der Waals surface area contributed by atoms with Gasteiger partial charge >= 0.3 is 0 Å². The fourth-order valence-corrected chi connectivity index (χ4v) is 1.78. The maximum Gasteiger partial charge on any atom is 0.241 e. The van der Waals surface area contributed by atoms with Crippen LogP contribution in [-0.4, -0.2) is 24.9 Å². The Kier molecular flexibility index (Phi) is 4.52. The van der Waals surface area contributed by atoms with E-state index in [0.717, 1.165) is 18.4 Å². The summed E-state index contributed by atoms with van der Waals surface area (Å²) in [6.45, 7) is 0.848. The van der Waals surface area contributed by atoms with Gasteiger partial charge in [0.05, 0.1) is 0 Å². The zero-order valence-electron chi connectivity index (χ0n) is 10.8. The first kappa shape index (κ1) is 13.5. The maximum absolute atomic E-state index is 11.8.